The predicted molar refractivity (Wildman–Crippen MR) is 108 cm³/mol. The number of aromatic carboxylic acids is 1. The SMILES string of the molecule is Cc1ccc(COCc2cc(-c3cccc(C(=O)O)c3)ccc2C)c(C)c1. The number of hydrogen-bond acceptors (Lipinski definition) is 2. The average Bonchev–Trinajstić information content (AvgIpc) is 2.65. The van der Waals surface area contributed by atoms with Crippen LogP contribution in [0.15, 0.2) is 60.7 Å². The van der Waals surface area contributed by atoms with Gasteiger partial charge in [0, 0.05) is 0 Å². The molecule has 0 spiro atoms. The van der Waals surface area contributed by atoms with Crippen molar-refractivity contribution in [1.29, 1.82) is 0 Å². The largest absolute Gasteiger partial charge is 0.478 e. The second kappa shape index (κ2) is 8.19. The molecule has 3 heteroatoms. The maximum absolute atomic E-state index is 11.2. The molecular weight excluding hydrogens is 336 g/mol. The first-order valence-corrected chi connectivity index (χ1v) is 9.01. The number of aryl methyl sites for hydroxylation is 3. The summed E-state index contributed by atoms with van der Waals surface area (Å²) < 4.78 is 5.97. The van der Waals surface area contributed by atoms with Gasteiger partial charge in [0.25, 0.3) is 0 Å². The minimum atomic E-state index is -0.916. The van der Waals surface area contributed by atoms with Crippen molar-refractivity contribution in [2.75, 3.05) is 0 Å². The van der Waals surface area contributed by atoms with Gasteiger partial charge in [-0.25, -0.2) is 4.79 Å². The minimum absolute atomic E-state index is 0.292. The van der Waals surface area contributed by atoms with Gasteiger partial charge in [0.15, 0.2) is 0 Å². The van der Waals surface area contributed by atoms with Gasteiger partial charge in [0.2, 0.25) is 0 Å². The number of carboxylic acids is 1. The lowest BCUT2D eigenvalue weighted by atomic mass is 9.98. The highest BCUT2D eigenvalue weighted by Crippen LogP contribution is 2.24. The van der Waals surface area contributed by atoms with Crippen LogP contribution in [0.5, 0.6) is 0 Å². The van der Waals surface area contributed by atoms with Gasteiger partial charge in [0.05, 0.1) is 18.8 Å². The zero-order valence-electron chi connectivity index (χ0n) is 16.0. The van der Waals surface area contributed by atoms with Crippen molar-refractivity contribution in [2.24, 2.45) is 0 Å². The van der Waals surface area contributed by atoms with E-state index in [1.807, 2.05) is 12.1 Å². The molecule has 0 bridgehead atoms. The Morgan fingerprint density at radius 3 is 2.30 bits per heavy atom. The number of ether oxygens (including phenoxy) is 1. The molecule has 0 atom stereocenters. The van der Waals surface area contributed by atoms with Gasteiger partial charge < -0.3 is 9.84 Å². The lowest BCUT2D eigenvalue weighted by Crippen LogP contribution is -1.99. The summed E-state index contributed by atoms with van der Waals surface area (Å²) in [4.78, 5) is 11.2. The molecule has 3 aromatic carbocycles. The fourth-order valence-corrected chi connectivity index (χ4v) is 3.12. The summed E-state index contributed by atoms with van der Waals surface area (Å²) in [5, 5.41) is 9.20. The topological polar surface area (TPSA) is 46.5 Å². The summed E-state index contributed by atoms with van der Waals surface area (Å²) in [6.45, 7) is 7.35. The number of benzene rings is 3. The molecule has 0 saturated carbocycles. The Labute approximate surface area is 160 Å². The lowest BCUT2D eigenvalue weighted by Gasteiger charge is -2.12. The monoisotopic (exact) mass is 360 g/mol. The number of carbonyl (C=O) groups is 1. The highest BCUT2D eigenvalue weighted by molar-refractivity contribution is 5.89. The summed E-state index contributed by atoms with van der Waals surface area (Å²) in [5.74, 6) is -0.916. The molecule has 0 aliphatic rings. The third-order valence-electron chi connectivity index (χ3n) is 4.81. The van der Waals surface area contributed by atoms with E-state index in [1.165, 1.54) is 16.7 Å². The van der Waals surface area contributed by atoms with Crippen LogP contribution < -0.4 is 0 Å². The molecule has 138 valence electrons. The molecule has 0 unspecified atom stereocenters. The summed E-state index contributed by atoms with van der Waals surface area (Å²) >= 11 is 0. The first-order valence-electron chi connectivity index (χ1n) is 9.01. The molecule has 1 N–H and O–H groups in total. The van der Waals surface area contributed by atoms with Gasteiger partial charge >= 0.3 is 5.97 Å². The van der Waals surface area contributed by atoms with Crippen LogP contribution in [0, 0.1) is 20.8 Å². The maximum atomic E-state index is 11.2. The summed E-state index contributed by atoms with van der Waals surface area (Å²) in [6, 6.07) is 19.5. The summed E-state index contributed by atoms with van der Waals surface area (Å²) in [5.41, 5.74) is 8.14. The quantitative estimate of drug-likeness (QED) is 0.614. The van der Waals surface area contributed by atoms with Crippen LogP contribution >= 0.6 is 0 Å². The zero-order chi connectivity index (χ0) is 19.4. The predicted octanol–water partition coefficient (Wildman–Crippen LogP) is 5.69. The standard InChI is InChI=1S/C24H24O3/c1-16-7-9-22(18(3)11-16)14-27-15-23-13-20(10-8-17(23)2)19-5-4-6-21(12-19)24(25)26/h4-13H,14-15H2,1-3H3,(H,25,26). The molecule has 27 heavy (non-hydrogen) atoms. The number of carboxylic acid groups (broad SMARTS) is 1. The first kappa shape index (κ1) is 18.9. The van der Waals surface area contributed by atoms with E-state index >= 15 is 0 Å². The van der Waals surface area contributed by atoms with Gasteiger partial charge in [-0.1, -0.05) is 48.0 Å². The van der Waals surface area contributed by atoms with Crippen molar-refractivity contribution in [2.45, 2.75) is 34.0 Å². The van der Waals surface area contributed by atoms with Crippen LogP contribution in [-0.2, 0) is 18.0 Å². The molecule has 0 radical (unpaired) electrons. The van der Waals surface area contributed by atoms with E-state index in [0.717, 1.165) is 22.3 Å². The van der Waals surface area contributed by atoms with Crippen LogP contribution in [0.1, 0.15) is 38.2 Å². The smallest absolute Gasteiger partial charge is 0.335 e. The molecule has 0 saturated heterocycles. The van der Waals surface area contributed by atoms with Crippen LogP contribution in [0.2, 0.25) is 0 Å². The van der Waals surface area contributed by atoms with E-state index in [1.54, 1.807) is 18.2 Å². The Balaban J connectivity index is 1.75. The maximum Gasteiger partial charge on any atom is 0.335 e. The number of rotatable bonds is 6. The van der Waals surface area contributed by atoms with Crippen molar-refractivity contribution in [3.8, 4) is 11.1 Å². The van der Waals surface area contributed by atoms with Gasteiger partial charge in [-0.05, 0) is 72.4 Å². The summed E-state index contributed by atoms with van der Waals surface area (Å²) in [6.07, 6.45) is 0. The second-order valence-corrected chi connectivity index (χ2v) is 6.95. The van der Waals surface area contributed by atoms with Crippen LogP contribution in [-0.4, -0.2) is 11.1 Å². The van der Waals surface area contributed by atoms with Crippen molar-refractivity contribution in [3.63, 3.8) is 0 Å². The van der Waals surface area contributed by atoms with Crippen LogP contribution in [0.25, 0.3) is 11.1 Å². The third kappa shape index (κ3) is 4.63. The van der Waals surface area contributed by atoms with E-state index in [0.29, 0.717) is 18.8 Å². The molecule has 0 aliphatic carbocycles. The minimum Gasteiger partial charge on any atom is -0.478 e. The summed E-state index contributed by atoms with van der Waals surface area (Å²) in [7, 11) is 0. The van der Waals surface area contributed by atoms with Crippen LogP contribution in [0.4, 0.5) is 0 Å². The molecule has 3 rings (SSSR count). The van der Waals surface area contributed by atoms with Gasteiger partial charge in [-0.2, -0.15) is 0 Å². The van der Waals surface area contributed by atoms with E-state index in [9.17, 15) is 9.90 Å². The molecule has 3 aromatic rings. The van der Waals surface area contributed by atoms with E-state index in [4.69, 9.17) is 4.74 Å². The Morgan fingerprint density at radius 2 is 1.56 bits per heavy atom. The van der Waals surface area contributed by atoms with Gasteiger partial charge in [0.1, 0.15) is 0 Å². The Bertz CT molecular complexity index is 973. The normalized spacial score (nSPS) is 10.8. The van der Waals surface area contributed by atoms with Gasteiger partial charge in [-0.3, -0.25) is 0 Å². The zero-order valence-corrected chi connectivity index (χ0v) is 16.0. The van der Waals surface area contributed by atoms with Crippen molar-refractivity contribution >= 4 is 5.97 Å². The third-order valence-corrected chi connectivity index (χ3v) is 4.81. The Kier molecular flexibility index (Phi) is 5.72. The lowest BCUT2D eigenvalue weighted by molar-refractivity contribution is 0.0697. The highest BCUT2D eigenvalue weighted by atomic mass is 16.5. The van der Waals surface area contributed by atoms with Crippen LogP contribution in [0.3, 0.4) is 0 Å². The average molecular weight is 360 g/mol. The van der Waals surface area contributed by atoms with Crippen molar-refractivity contribution in [1.82, 2.24) is 0 Å². The fourth-order valence-electron chi connectivity index (χ4n) is 3.12. The molecule has 0 heterocycles. The highest BCUT2D eigenvalue weighted by Gasteiger charge is 2.07. The molecule has 0 aliphatic heterocycles. The van der Waals surface area contributed by atoms with Gasteiger partial charge in [-0.15, -0.1) is 0 Å². The fraction of sp³-hybridized carbons (Fsp3) is 0.208. The molecule has 0 fully saturated rings. The first-order chi connectivity index (χ1) is 12.9. The van der Waals surface area contributed by atoms with E-state index in [-0.39, 0.29) is 0 Å². The second-order valence-electron chi connectivity index (χ2n) is 6.95. The number of hydrogen-bond donors (Lipinski definition) is 1. The molecule has 0 amide bonds. The van der Waals surface area contributed by atoms with E-state index < -0.39 is 5.97 Å². The Hall–Kier alpha value is -2.91. The van der Waals surface area contributed by atoms with Crippen molar-refractivity contribution < 1.29 is 14.6 Å². The molecular formula is C24H24O3. The van der Waals surface area contributed by atoms with E-state index in [2.05, 4.69) is 51.1 Å². The Morgan fingerprint density at radius 1 is 0.815 bits per heavy atom. The van der Waals surface area contributed by atoms with Crippen molar-refractivity contribution in [3.05, 3.63) is 94.0 Å². The molecule has 3 nitrogen and oxygen atoms in total. The molecule has 0 aromatic heterocycles.